The van der Waals surface area contributed by atoms with Gasteiger partial charge in [-0.1, -0.05) is 0 Å². The number of nitrogens with zero attached hydrogens (tertiary/aromatic N) is 3. The molecule has 2 heterocycles. The number of fused-ring (bicyclic) bond motifs is 1. The fraction of sp³-hybridized carbons (Fsp3) is 0.111. The van der Waals surface area contributed by atoms with Gasteiger partial charge in [-0.05, 0) is 48.3 Å². The fourth-order valence-corrected chi connectivity index (χ4v) is 3.93. The molecule has 8 heteroatoms. The molecule has 0 fully saturated rings. The van der Waals surface area contributed by atoms with Crippen molar-refractivity contribution in [2.45, 2.75) is 4.90 Å². The summed E-state index contributed by atoms with van der Waals surface area (Å²) < 4.78 is 22.6. The molecule has 1 aromatic heterocycles. The largest absolute Gasteiger partial charge is 0.489 e. The maximum absolute atomic E-state index is 13.6. The highest BCUT2D eigenvalue weighted by atomic mass is 32.2. The van der Waals surface area contributed by atoms with Crippen molar-refractivity contribution in [2.24, 2.45) is 0 Å². The molecular formula is C18H13FN4OS2. The number of nitrogens with one attached hydrogen (secondary N) is 1. The van der Waals surface area contributed by atoms with E-state index in [2.05, 4.69) is 9.71 Å². The number of benzene rings is 2. The Balaban J connectivity index is 1.59. The van der Waals surface area contributed by atoms with Gasteiger partial charge in [0.25, 0.3) is 0 Å². The Morgan fingerprint density at radius 2 is 2.23 bits per heavy atom. The second kappa shape index (κ2) is 7.23. The summed E-state index contributed by atoms with van der Waals surface area (Å²) in [5.74, 6) is 0.245. The zero-order valence-electron chi connectivity index (χ0n) is 13.5. The van der Waals surface area contributed by atoms with E-state index in [1.54, 1.807) is 18.3 Å². The average Bonchev–Trinajstić information content (AvgIpc) is 3.20. The Kier molecular flexibility index (Phi) is 4.65. The molecular weight excluding hydrogens is 371 g/mol. The number of ether oxygens (including phenoxy) is 1. The minimum absolute atomic E-state index is 0.0374. The molecule has 0 atom stereocenters. The number of halogens is 1. The smallest absolute Gasteiger partial charge is 0.192 e. The average molecular weight is 384 g/mol. The van der Waals surface area contributed by atoms with Gasteiger partial charge < -0.3 is 14.4 Å². The third-order valence-corrected chi connectivity index (χ3v) is 5.47. The maximum Gasteiger partial charge on any atom is 0.192 e. The van der Waals surface area contributed by atoms with Crippen LogP contribution < -0.4 is 14.4 Å². The SMILES string of the molecule is N#Cc1cc(N2CCOc3cc(SNc4nccs4)ccc32)ccc1F. The van der Waals surface area contributed by atoms with Crippen LogP contribution in [0.3, 0.4) is 0 Å². The molecule has 26 heavy (non-hydrogen) atoms. The van der Waals surface area contributed by atoms with Crippen molar-refractivity contribution < 1.29 is 9.13 Å². The van der Waals surface area contributed by atoms with E-state index in [1.165, 1.54) is 29.4 Å². The second-order valence-corrected chi connectivity index (χ2v) is 7.22. The van der Waals surface area contributed by atoms with E-state index in [0.717, 1.165) is 27.2 Å². The first-order chi connectivity index (χ1) is 12.7. The van der Waals surface area contributed by atoms with Crippen LogP contribution in [0.4, 0.5) is 20.9 Å². The quantitative estimate of drug-likeness (QED) is 0.652. The van der Waals surface area contributed by atoms with E-state index >= 15 is 0 Å². The molecule has 0 radical (unpaired) electrons. The zero-order valence-corrected chi connectivity index (χ0v) is 15.1. The number of nitriles is 1. The predicted octanol–water partition coefficient (Wildman–Crippen LogP) is 4.80. The highest BCUT2D eigenvalue weighted by Crippen LogP contribution is 2.39. The molecule has 0 unspecified atom stereocenters. The minimum Gasteiger partial charge on any atom is -0.489 e. The van der Waals surface area contributed by atoms with Crippen LogP contribution in [0.2, 0.25) is 0 Å². The summed E-state index contributed by atoms with van der Waals surface area (Å²) in [5.41, 5.74) is 1.70. The van der Waals surface area contributed by atoms with E-state index in [9.17, 15) is 4.39 Å². The molecule has 1 N–H and O–H groups in total. The van der Waals surface area contributed by atoms with Gasteiger partial charge in [0, 0.05) is 22.2 Å². The first kappa shape index (κ1) is 16.7. The lowest BCUT2D eigenvalue weighted by atomic mass is 10.1. The lowest BCUT2D eigenvalue weighted by Gasteiger charge is -2.31. The first-order valence-electron chi connectivity index (χ1n) is 7.81. The first-order valence-corrected chi connectivity index (χ1v) is 9.50. The van der Waals surface area contributed by atoms with Crippen LogP contribution in [-0.4, -0.2) is 18.1 Å². The standard InChI is InChI=1S/C18H13FN4OS2/c19-15-3-1-13(9-12(15)11-20)23-6-7-24-17-10-14(2-4-16(17)23)26-22-18-21-5-8-25-18/h1-5,8-10H,6-7H2,(H,21,22). The van der Waals surface area contributed by atoms with E-state index in [1.807, 2.05) is 34.5 Å². The van der Waals surface area contributed by atoms with Crippen LogP contribution in [0.1, 0.15) is 5.56 Å². The Morgan fingerprint density at radius 3 is 3.04 bits per heavy atom. The van der Waals surface area contributed by atoms with Gasteiger partial charge in [0.15, 0.2) is 5.13 Å². The molecule has 0 saturated carbocycles. The number of anilines is 3. The normalized spacial score (nSPS) is 12.8. The molecule has 0 amide bonds. The third-order valence-electron chi connectivity index (χ3n) is 3.87. The summed E-state index contributed by atoms with van der Waals surface area (Å²) in [4.78, 5) is 7.21. The molecule has 0 saturated heterocycles. The summed E-state index contributed by atoms with van der Waals surface area (Å²) in [7, 11) is 0. The summed E-state index contributed by atoms with van der Waals surface area (Å²) in [6, 6.07) is 12.4. The molecule has 0 aliphatic carbocycles. The van der Waals surface area contributed by atoms with Crippen molar-refractivity contribution in [1.29, 1.82) is 5.26 Å². The highest BCUT2D eigenvalue weighted by Gasteiger charge is 2.21. The lowest BCUT2D eigenvalue weighted by molar-refractivity contribution is 0.313. The summed E-state index contributed by atoms with van der Waals surface area (Å²) in [5, 5.41) is 11.8. The van der Waals surface area contributed by atoms with Crippen molar-refractivity contribution in [3.8, 4) is 11.8 Å². The molecule has 130 valence electrons. The van der Waals surface area contributed by atoms with Crippen LogP contribution in [0, 0.1) is 17.1 Å². The topological polar surface area (TPSA) is 61.2 Å². The third kappa shape index (κ3) is 3.31. The van der Waals surface area contributed by atoms with E-state index in [4.69, 9.17) is 10.00 Å². The Hall–Kier alpha value is -2.76. The predicted molar refractivity (Wildman–Crippen MR) is 102 cm³/mol. The van der Waals surface area contributed by atoms with Crippen LogP contribution in [0.15, 0.2) is 52.9 Å². The van der Waals surface area contributed by atoms with Gasteiger partial charge in [-0.15, -0.1) is 11.3 Å². The number of aromatic nitrogens is 1. The van der Waals surface area contributed by atoms with Crippen molar-refractivity contribution in [3.63, 3.8) is 0 Å². The van der Waals surface area contributed by atoms with E-state index < -0.39 is 5.82 Å². The van der Waals surface area contributed by atoms with Crippen molar-refractivity contribution >= 4 is 39.8 Å². The molecule has 5 nitrogen and oxygen atoms in total. The zero-order chi connectivity index (χ0) is 17.9. The number of hydrogen-bond donors (Lipinski definition) is 1. The fourth-order valence-electron chi connectivity index (χ4n) is 2.68. The number of rotatable bonds is 4. The highest BCUT2D eigenvalue weighted by molar-refractivity contribution is 8.00. The minimum atomic E-state index is -0.509. The Bertz CT molecular complexity index is 972. The van der Waals surface area contributed by atoms with E-state index in [-0.39, 0.29) is 5.56 Å². The van der Waals surface area contributed by atoms with Crippen LogP contribution in [0.5, 0.6) is 5.75 Å². The molecule has 1 aliphatic rings. The van der Waals surface area contributed by atoms with Crippen LogP contribution >= 0.6 is 23.3 Å². The van der Waals surface area contributed by atoms with Crippen LogP contribution in [0.25, 0.3) is 0 Å². The number of hydrogen-bond acceptors (Lipinski definition) is 7. The Morgan fingerprint density at radius 1 is 1.31 bits per heavy atom. The van der Waals surface area contributed by atoms with Crippen molar-refractivity contribution in [3.05, 3.63) is 59.4 Å². The van der Waals surface area contributed by atoms with Gasteiger partial charge >= 0.3 is 0 Å². The van der Waals surface area contributed by atoms with Crippen LogP contribution in [-0.2, 0) is 0 Å². The molecule has 0 bridgehead atoms. The molecule has 2 aromatic carbocycles. The maximum atomic E-state index is 13.6. The molecule has 0 spiro atoms. The monoisotopic (exact) mass is 384 g/mol. The summed E-state index contributed by atoms with van der Waals surface area (Å²) in [6.07, 6.45) is 1.75. The summed E-state index contributed by atoms with van der Waals surface area (Å²) in [6.45, 7) is 1.15. The van der Waals surface area contributed by atoms with Gasteiger partial charge in [0.2, 0.25) is 0 Å². The summed E-state index contributed by atoms with van der Waals surface area (Å²) >= 11 is 3.00. The molecule has 4 rings (SSSR count). The van der Waals surface area contributed by atoms with Gasteiger partial charge in [-0.2, -0.15) is 5.26 Å². The van der Waals surface area contributed by atoms with Gasteiger partial charge in [0.1, 0.15) is 24.2 Å². The second-order valence-electron chi connectivity index (χ2n) is 5.45. The van der Waals surface area contributed by atoms with Crippen molar-refractivity contribution in [1.82, 2.24) is 4.98 Å². The number of thiazole rings is 1. The van der Waals surface area contributed by atoms with Crippen molar-refractivity contribution in [2.75, 3.05) is 22.8 Å². The van der Waals surface area contributed by atoms with Gasteiger partial charge in [-0.3, -0.25) is 0 Å². The lowest BCUT2D eigenvalue weighted by Crippen LogP contribution is -2.28. The van der Waals surface area contributed by atoms with Gasteiger partial charge in [-0.25, -0.2) is 9.37 Å². The van der Waals surface area contributed by atoms with E-state index in [0.29, 0.717) is 13.2 Å². The Labute approximate surface area is 158 Å². The molecule has 3 aromatic rings. The molecule has 1 aliphatic heterocycles. The van der Waals surface area contributed by atoms with Gasteiger partial charge in [0.05, 0.1) is 17.8 Å².